The maximum absolute atomic E-state index is 14.0. The Morgan fingerprint density at radius 3 is 2.63 bits per heavy atom. The Kier molecular flexibility index (Phi) is 3.95. The van der Waals surface area contributed by atoms with Crippen LogP contribution in [0, 0.1) is 10.5 Å². The van der Waals surface area contributed by atoms with E-state index in [-0.39, 0.29) is 11.7 Å². The quantitative estimate of drug-likeness (QED) is 0.860. The SMILES string of the molecule is COc1ccc(-c2cc(=S)nc(C(C)C)[nH]2)c(F)c1. The summed E-state index contributed by atoms with van der Waals surface area (Å²) in [6.07, 6.45) is 0. The zero-order chi connectivity index (χ0) is 14.0. The number of halogens is 1. The first kappa shape index (κ1) is 13.7. The monoisotopic (exact) mass is 278 g/mol. The third-order valence-corrected chi connectivity index (χ3v) is 2.98. The zero-order valence-electron chi connectivity index (χ0n) is 11.0. The van der Waals surface area contributed by atoms with Crippen LogP contribution in [-0.4, -0.2) is 17.1 Å². The van der Waals surface area contributed by atoms with Crippen LogP contribution in [-0.2, 0) is 0 Å². The maximum Gasteiger partial charge on any atom is 0.136 e. The van der Waals surface area contributed by atoms with Crippen LogP contribution in [0.4, 0.5) is 4.39 Å². The molecule has 1 aromatic heterocycles. The van der Waals surface area contributed by atoms with Crippen molar-refractivity contribution in [2.24, 2.45) is 0 Å². The molecular weight excluding hydrogens is 263 g/mol. The van der Waals surface area contributed by atoms with Gasteiger partial charge in [0.15, 0.2) is 0 Å². The summed E-state index contributed by atoms with van der Waals surface area (Å²) >= 11 is 5.12. The first-order valence-electron chi connectivity index (χ1n) is 5.96. The lowest BCUT2D eigenvalue weighted by Crippen LogP contribution is -2.00. The van der Waals surface area contributed by atoms with Gasteiger partial charge in [0.2, 0.25) is 0 Å². The van der Waals surface area contributed by atoms with Crippen molar-refractivity contribution in [3.63, 3.8) is 0 Å². The maximum atomic E-state index is 14.0. The molecule has 2 aromatic rings. The number of hydrogen-bond acceptors (Lipinski definition) is 3. The average Bonchev–Trinajstić information content (AvgIpc) is 2.37. The van der Waals surface area contributed by atoms with Gasteiger partial charge in [-0.15, -0.1) is 0 Å². The van der Waals surface area contributed by atoms with E-state index in [9.17, 15) is 4.39 Å². The molecule has 0 amide bonds. The van der Waals surface area contributed by atoms with Gasteiger partial charge in [-0.2, -0.15) is 0 Å². The summed E-state index contributed by atoms with van der Waals surface area (Å²) < 4.78 is 19.5. The molecule has 100 valence electrons. The highest BCUT2D eigenvalue weighted by atomic mass is 32.1. The fraction of sp³-hybridized carbons (Fsp3) is 0.286. The third-order valence-electron chi connectivity index (χ3n) is 2.77. The largest absolute Gasteiger partial charge is 0.497 e. The smallest absolute Gasteiger partial charge is 0.136 e. The summed E-state index contributed by atoms with van der Waals surface area (Å²) in [5.41, 5.74) is 1.08. The van der Waals surface area contributed by atoms with Crippen molar-refractivity contribution in [2.75, 3.05) is 7.11 Å². The Bertz CT molecular complexity index is 652. The van der Waals surface area contributed by atoms with Gasteiger partial charge in [0, 0.05) is 17.5 Å². The van der Waals surface area contributed by atoms with Crippen molar-refractivity contribution in [3.8, 4) is 17.0 Å². The summed E-state index contributed by atoms with van der Waals surface area (Å²) in [6, 6.07) is 6.39. The number of nitrogens with zero attached hydrogens (tertiary/aromatic N) is 1. The number of ether oxygens (including phenoxy) is 1. The molecule has 1 N–H and O–H groups in total. The molecule has 0 fully saturated rings. The van der Waals surface area contributed by atoms with Crippen LogP contribution in [0.1, 0.15) is 25.6 Å². The molecule has 0 saturated heterocycles. The molecule has 0 atom stereocenters. The van der Waals surface area contributed by atoms with Crippen LogP contribution in [0.3, 0.4) is 0 Å². The highest BCUT2D eigenvalue weighted by molar-refractivity contribution is 7.71. The van der Waals surface area contributed by atoms with Crippen molar-refractivity contribution in [1.29, 1.82) is 0 Å². The molecule has 5 heteroatoms. The van der Waals surface area contributed by atoms with E-state index in [1.165, 1.54) is 13.2 Å². The standard InChI is InChI=1S/C14H15FN2OS/c1-8(2)14-16-12(7-13(19)17-14)10-5-4-9(18-3)6-11(10)15/h4-8H,1-3H3,(H,16,17,19). The molecule has 0 aliphatic carbocycles. The number of rotatable bonds is 3. The lowest BCUT2D eigenvalue weighted by molar-refractivity contribution is 0.411. The van der Waals surface area contributed by atoms with Gasteiger partial charge in [0.25, 0.3) is 0 Å². The van der Waals surface area contributed by atoms with Crippen LogP contribution in [0.5, 0.6) is 5.75 Å². The molecule has 2 rings (SSSR count). The molecule has 0 radical (unpaired) electrons. The molecule has 1 aromatic carbocycles. The van der Waals surface area contributed by atoms with E-state index >= 15 is 0 Å². The Hall–Kier alpha value is -1.75. The minimum Gasteiger partial charge on any atom is -0.497 e. The van der Waals surface area contributed by atoms with E-state index in [1.54, 1.807) is 18.2 Å². The number of hydrogen-bond donors (Lipinski definition) is 1. The second-order valence-electron chi connectivity index (χ2n) is 4.52. The Labute approximate surface area is 116 Å². The lowest BCUT2D eigenvalue weighted by Gasteiger charge is -2.10. The summed E-state index contributed by atoms with van der Waals surface area (Å²) in [4.78, 5) is 7.36. The molecule has 19 heavy (non-hydrogen) atoms. The van der Waals surface area contributed by atoms with E-state index in [4.69, 9.17) is 17.0 Å². The van der Waals surface area contributed by atoms with Gasteiger partial charge >= 0.3 is 0 Å². The average molecular weight is 278 g/mol. The van der Waals surface area contributed by atoms with E-state index in [2.05, 4.69) is 9.97 Å². The van der Waals surface area contributed by atoms with Crippen LogP contribution < -0.4 is 4.74 Å². The molecule has 1 heterocycles. The van der Waals surface area contributed by atoms with Crippen molar-refractivity contribution in [3.05, 3.63) is 40.5 Å². The second-order valence-corrected chi connectivity index (χ2v) is 4.94. The summed E-state index contributed by atoms with van der Waals surface area (Å²) in [7, 11) is 1.51. The Morgan fingerprint density at radius 2 is 2.05 bits per heavy atom. The van der Waals surface area contributed by atoms with Crippen LogP contribution in [0.2, 0.25) is 0 Å². The normalized spacial score (nSPS) is 10.8. The van der Waals surface area contributed by atoms with Gasteiger partial charge in [-0.05, 0) is 18.2 Å². The molecular formula is C14H15FN2OS. The van der Waals surface area contributed by atoms with Gasteiger partial charge in [-0.1, -0.05) is 26.1 Å². The van der Waals surface area contributed by atoms with Crippen molar-refractivity contribution >= 4 is 12.2 Å². The number of methoxy groups -OCH3 is 1. The summed E-state index contributed by atoms with van der Waals surface area (Å²) in [5.74, 6) is 1.07. The number of nitrogens with one attached hydrogen (secondary N) is 1. The fourth-order valence-corrected chi connectivity index (χ4v) is 1.95. The third kappa shape index (κ3) is 2.98. The molecule has 0 bridgehead atoms. The van der Waals surface area contributed by atoms with Gasteiger partial charge in [-0.3, -0.25) is 0 Å². The predicted molar refractivity (Wildman–Crippen MR) is 75.5 cm³/mol. The van der Waals surface area contributed by atoms with Crippen LogP contribution >= 0.6 is 12.2 Å². The highest BCUT2D eigenvalue weighted by Crippen LogP contribution is 2.25. The summed E-state index contributed by atoms with van der Waals surface area (Å²) in [6.45, 7) is 4.00. The first-order valence-corrected chi connectivity index (χ1v) is 6.37. The predicted octanol–water partition coefficient (Wildman–Crippen LogP) is 4.08. The topological polar surface area (TPSA) is 37.9 Å². The van der Waals surface area contributed by atoms with E-state index in [1.807, 2.05) is 13.8 Å². The summed E-state index contributed by atoms with van der Waals surface area (Å²) in [5, 5.41) is 0. The fourth-order valence-electron chi connectivity index (χ4n) is 1.74. The zero-order valence-corrected chi connectivity index (χ0v) is 11.8. The van der Waals surface area contributed by atoms with Crippen LogP contribution in [0.25, 0.3) is 11.3 Å². The number of aromatic amines is 1. The van der Waals surface area contributed by atoms with Crippen LogP contribution in [0.15, 0.2) is 24.3 Å². The van der Waals surface area contributed by atoms with Gasteiger partial charge in [-0.25, -0.2) is 9.37 Å². The van der Waals surface area contributed by atoms with Crippen molar-refractivity contribution in [1.82, 2.24) is 9.97 Å². The second kappa shape index (κ2) is 5.48. The molecule has 0 spiro atoms. The molecule has 0 saturated carbocycles. The minimum atomic E-state index is -0.356. The van der Waals surface area contributed by atoms with Gasteiger partial charge < -0.3 is 9.72 Å². The Balaban J connectivity index is 2.55. The lowest BCUT2D eigenvalue weighted by atomic mass is 10.1. The van der Waals surface area contributed by atoms with Crippen molar-refractivity contribution in [2.45, 2.75) is 19.8 Å². The van der Waals surface area contributed by atoms with E-state index in [0.717, 1.165) is 5.82 Å². The number of benzene rings is 1. The minimum absolute atomic E-state index is 0.197. The van der Waals surface area contributed by atoms with Crippen molar-refractivity contribution < 1.29 is 9.13 Å². The molecule has 0 aliphatic heterocycles. The van der Waals surface area contributed by atoms with E-state index in [0.29, 0.717) is 21.6 Å². The molecule has 0 aliphatic rings. The number of aromatic nitrogens is 2. The Morgan fingerprint density at radius 1 is 1.32 bits per heavy atom. The highest BCUT2D eigenvalue weighted by Gasteiger charge is 2.10. The first-order chi connectivity index (χ1) is 9.01. The molecule has 3 nitrogen and oxygen atoms in total. The van der Waals surface area contributed by atoms with E-state index < -0.39 is 0 Å². The molecule has 0 unspecified atom stereocenters. The van der Waals surface area contributed by atoms with Gasteiger partial charge in [0.1, 0.15) is 22.0 Å². The number of H-pyrrole nitrogens is 1. The van der Waals surface area contributed by atoms with Gasteiger partial charge in [0.05, 0.1) is 12.8 Å².